The summed E-state index contributed by atoms with van der Waals surface area (Å²) in [4.78, 5) is 0. The Morgan fingerprint density at radius 2 is 1.75 bits per heavy atom. The minimum atomic E-state index is 0.400. The summed E-state index contributed by atoms with van der Waals surface area (Å²) in [6.45, 7) is 11.6. The van der Waals surface area contributed by atoms with Crippen LogP contribution in [0.4, 0.5) is 0 Å². The molecule has 0 atom stereocenters. The van der Waals surface area contributed by atoms with Crippen LogP contribution >= 0.6 is 0 Å². The second kappa shape index (κ2) is 6.23. The molecule has 2 rings (SSSR count). The molecule has 0 unspecified atom stereocenters. The Hall–Kier alpha value is -1.61. The van der Waals surface area contributed by atoms with Gasteiger partial charge in [-0.2, -0.15) is 5.10 Å². The molecule has 3 heteroatoms. The molecule has 0 aliphatic heterocycles. The van der Waals surface area contributed by atoms with E-state index in [2.05, 4.69) is 75.5 Å². The fourth-order valence-corrected chi connectivity index (χ4v) is 2.15. The number of aromatic nitrogens is 2. The number of rotatable bonds is 5. The molecule has 0 radical (unpaired) electrons. The topological polar surface area (TPSA) is 29.9 Å². The van der Waals surface area contributed by atoms with Crippen molar-refractivity contribution < 1.29 is 0 Å². The van der Waals surface area contributed by atoms with Crippen LogP contribution < -0.4 is 5.32 Å². The van der Waals surface area contributed by atoms with E-state index in [4.69, 9.17) is 0 Å². The normalized spacial score (nSPS) is 11.6. The van der Waals surface area contributed by atoms with E-state index >= 15 is 0 Å². The Bertz CT molecular complexity index is 550. The first-order chi connectivity index (χ1) is 9.47. The molecular weight excluding hydrogens is 246 g/mol. The molecule has 0 fully saturated rings. The summed E-state index contributed by atoms with van der Waals surface area (Å²) in [6, 6.07) is 9.67. The van der Waals surface area contributed by atoms with Gasteiger partial charge in [0.05, 0.1) is 5.69 Å². The molecule has 1 heterocycles. The van der Waals surface area contributed by atoms with Gasteiger partial charge in [-0.1, -0.05) is 38.1 Å². The average Bonchev–Trinajstić information content (AvgIpc) is 2.79. The van der Waals surface area contributed by atoms with Gasteiger partial charge in [-0.05, 0) is 31.9 Å². The van der Waals surface area contributed by atoms with Crippen LogP contribution in [0.3, 0.4) is 0 Å². The summed E-state index contributed by atoms with van der Waals surface area (Å²) >= 11 is 0. The standard InChI is InChI=1S/C17H25N3/c1-12(2)18-10-15-6-8-16(9-7-15)17-11-20(13(3)4)19-14(17)5/h6-9,11-13,18H,10H2,1-5H3. The molecule has 1 N–H and O–H groups in total. The summed E-state index contributed by atoms with van der Waals surface area (Å²) in [5.41, 5.74) is 4.87. The lowest BCUT2D eigenvalue weighted by atomic mass is 10.0. The Balaban J connectivity index is 2.17. The molecule has 108 valence electrons. The highest BCUT2D eigenvalue weighted by Gasteiger charge is 2.09. The first kappa shape index (κ1) is 14.8. The zero-order chi connectivity index (χ0) is 14.7. The van der Waals surface area contributed by atoms with Crippen LogP contribution in [0, 0.1) is 6.92 Å². The molecule has 0 saturated carbocycles. The minimum absolute atomic E-state index is 0.400. The van der Waals surface area contributed by atoms with E-state index < -0.39 is 0 Å². The van der Waals surface area contributed by atoms with Crippen molar-refractivity contribution in [2.24, 2.45) is 0 Å². The first-order valence-corrected chi connectivity index (χ1v) is 7.36. The van der Waals surface area contributed by atoms with Crippen LogP contribution in [0.5, 0.6) is 0 Å². The van der Waals surface area contributed by atoms with Crippen molar-refractivity contribution in [3.63, 3.8) is 0 Å². The van der Waals surface area contributed by atoms with E-state index in [9.17, 15) is 0 Å². The number of nitrogens with zero attached hydrogens (tertiary/aromatic N) is 2. The highest BCUT2D eigenvalue weighted by molar-refractivity contribution is 5.65. The van der Waals surface area contributed by atoms with E-state index in [1.54, 1.807) is 0 Å². The van der Waals surface area contributed by atoms with Crippen molar-refractivity contribution >= 4 is 0 Å². The number of hydrogen-bond acceptors (Lipinski definition) is 2. The quantitative estimate of drug-likeness (QED) is 0.892. The fourth-order valence-electron chi connectivity index (χ4n) is 2.15. The van der Waals surface area contributed by atoms with Crippen LogP contribution in [0.1, 0.15) is 45.0 Å². The Morgan fingerprint density at radius 1 is 1.10 bits per heavy atom. The van der Waals surface area contributed by atoms with E-state index in [-0.39, 0.29) is 0 Å². The van der Waals surface area contributed by atoms with Crippen molar-refractivity contribution in [2.45, 2.75) is 53.2 Å². The van der Waals surface area contributed by atoms with Crippen LogP contribution in [-0.4, -0.2) is 15.8 Å². The maximum Gasteiger partial charge on any atom is 0.0672 e. The molecule has 0 bridgehead atoms. The molecule has 1 aromatic carbocycles. The van der Waals surface area contributed by atoms with Crippen molar-refractivity contribution in [1.82, 2.24) is 15.1 Å². The van der Waals surface area contributed by atoms with Gasteiger partial charge in [-0.15, -0.1) is 0 Å². The van der Waals surface area contributed by atoms with Crippen molar-refractivity contribution in [3.8, 4) is 11.1 Å². The fraction of sp³-hybridized carbons (Fsp3) is 0.471. The summed E-state index contributed by atoms with van der Waals surface area (Å²) in [5.74, 6) is 0. The zero-order valence-corrected chi connectivity index (χ0v) is 13.1. The summed E-state index contributed by atoms with van der Waals surface area (Å²) in [7, 11) is 0. The number of benzene rings is 1. The molecule has 0 aliphatic rings. The monoisotopic (exact) mass is 271 g/mol. The molecule has 0 saturated heterocycles. The largest absolute Gasteiger partial charge is 0.310 e. The van der Waals surface area contributed by atoms with E-state index in [1.807, 2.05) is 4.68 Å². The lowest BCUT2D eigenvalue weighted by Crippen LogP contribution is -2.21. The minimum Gasteiger partial charge on any atom is -0.310 e. The van der Waals surface area contributed by atoms with E-state index in [0.717, 1.165) is 12.2 Å². The van der Waals surface area contributed by atoms with Gasteiger partial charge in [0.1, 0.15) is 0 Å². The third-order valence-electron chi connectivity index (χ3n) is 3.43. The van der Waals surface area contributed by atoms with Crippen LogP contribution in [0.15, 0.2) is 30.5 Å². The van der Waals surface area contributed by atoms with Gasteiger partial charge in [0.2, 0.25) is 0 Å². The lowest BCUT2D eigenvalue weighted by molar-refractivity contribution is 0.529. The molecule has 3 nitrogen and oxygen atoms in total. The molecule has 2 aromatic rings. The van der Waals surface area contributed by atoms with Crippen molar-refractivity contribution in [1.29, 1.82) is 0 Å². The second-order valence-corrected chi connectivity index (χ2v) is 5.93. The van der Waals surface area contributed by atoms with E-state index in [1.165, 1.54) is 16.7 Å². The highest BCUT2D eigenvalue weighted by Crippen LogP contribution is 2.24. The molecule has 0 amide bonds. The third kappa shape index (κ3) is 3.48. The summed E-state index contributed by atoms with van der Waals surface area (Å²) in [5, 5.41) is 8.01. The Kier molecular flexibility index (Phi) is 4.61. The predicted octanol–water partition coefficient (Wildman–Crippen LogP) is 3.94. The Morgan fingerprint density at radius 3 is 2.25 bits per heavy atom. The van der Waals surface area contributed by atoms with E-state index in [0.29, 0.717) is 12.1 Å². The van der Waals surface area contributed by atoms with Crippen molar-refractivity contribution in [2.75, 3.05) is 0 Å². The number of hydrogen-bond donors (Lipinski definition) is 1. The maximum absolute atomic E-state index is 4.57. The van der Waals surface area contributed by atoms with Gasteiger partial charge in [-0.25, -0.2) is 0 Å². The molecular formula is C17H25N3. The molecule has 0 aliphatic carbocycles. The second-order valence-electron chi connectivity index (χ2n) is 5.93. The zero-order valence-electron chi connectivity index (χ0n) is 13.1. The number of nitrogens with one attached hydrogen (secondary N) is 1. The van der Waals surface area contributed by atoms with Crippen LogP contribution in [0.2, 0.25) is 0 Å². The number of aryl methyl sites for hydroxylation is 1. The van der Waals surface area contributed by atoms with Gasteiger partial charge >= 0.3 is 0 Å². The predicted molar refractivity (Wildman–Crippen MR) is 84.8 cm³/mol. The van der Waals surface area contributed by atoms with Gasteiger partial charge in [0.25, 0.3) is 0 Å². The van der Waals surface area contributed by atoms with Gasteiger partial charge < -0.3 is 5.32 Å². The van der Waals surface area contributed by atoms with Gasteiger partial charge in [-0.3, -0.25) is 4.68 Å². The summed E-state index contributed by atoms with van der Waals surface area (Å²) < 4.78 is 2.03. The average molecular weight is 271 g/mol. The smallest absolute Gasteiger partial charge is 0.0672 e. The molecule has 0 spiro atoms. The lowest BCUT2D eigenvalue weighted by Gasteiger charge is -2.08. The van der Waals surface area contributed by atoms with Crippen molar-refractivity contribution in [3.05, 3.63) is 41.7 Å². The van der Waals surface area contributed by atoms with Crippen LogP contribution in [-0.2, 0) is 6.54 Å². The van der Waals surface area contributed by atoms with Gasteiger partial charge in [0, 0.05) is 30.4 Å². The Labute approximate surface area is 122 Å². The molecule has 1 aromatic heterocycles. The summed E-state index contributed by atoms with van der Waals surface area (Å²) in [6.07, 6.45) is 2.14. The SMILES string of the molecule is Cc1nn(C(C)C)cc1-c1ccc(CNC(C)C)cc1. The molecule has 20 heavy (non-hydrogen) atoms. The maximum atomic E-state index is 4.57. The highest BCUT2D eigenvalue weighted by atomic mass is 15.3. The van der Waals surface area contributed by atoms with Gasteiger partial charge in [0.15, 0.2) is 0 Å². The first-order valence-electron chi connectivity index (χ1n) is 7.36. The van der Waals surface area contributed by atoms with Crippen LogP contribution in [0.25, 0.3) is 11.1 Å². The third-order valence-corrected chi connectivity index (χ3v) is 3.43.